The highest BCUT2D eigenvalue weighted by Crippen LogP contribution is 2.16. The Morgan fingerprint density at radius 2 is 1.75 bits per heavy atom. The molecule has 0 bridgehead atoms. The minimum absolute atomic E-state index is 0.0607. The molecule has 0 N–H and O–H groups in total. The van der Waals surface area contributed by atoms with Crippen molar-refractivity contribution in [3.8, 4) is 11.4 Å². The first-order valence-corrected chi connectivity index (χ1v) is 7.28. The van der Waals surface area contributed by atoms with Crippen LogP contribution < -0.4 is 4.74 Å². The average Bonchev–Trinajstić information content (AvgIpc) is 3.09. The molecule has 6 heteroatoms. The number of ether oxygens (including phenoxy) is 1. The van der Waals surface area contributed by atoms with Gasteiger partial charge in [0.05, 0.1) is 23.4 Å². The smallest absolute Gasteiger partial charge is 0.269 e. The maximum Gasteiger partial charge on any atom is 0.269 e. The Morgan fingerprint density at radius 1 is 1.04 bits per heavy atom. The van der Waals surface area contributed by atoms with Gasteiger partial charge in [0.2, 0.25) is 0 Å². The quantitative estimate of drug-likeness (QED) is 0.527. The molecule has 0 aliphatic rings. The van der Waals surface area contributed by atoms with Gasteiger partial charge in [-0.15, -0.1) is 0 Å². The van der Waals surface area contributed by atoms with E-state index in [9.17, 15) is 10.1 Å². The Morgan fingerprint density at radius 3 is 2.38 bits per heavy atom. The first-order valence-electron chi connectivity index (χ1n) is 7.28. The molecule has 0 aliphatic carbocycles. The molecule has 2 aromatic carbocycles. The summed E-state index contributed by atoms with van der Waals surface area (Å²) in [6, 6.07) is 15.9. The Kier molecular flexibility index (Phi) is 4.38. The predicted octanol–water partition coefficient (Wildman–Crippen LogP) is 3.96. The highest BCUT2D eigenvalue weighted by molar-refractivity contribution is 5.68. The first kappa shape index (κ1) is 15.5. The van der Waals surface area contributed by atoms with Gasteiger partial charge >= 0.3 is 0 Å². The van der Waals surface area contributed by atoms with Gasteiger partial charge in [0.25, 0.3) is 5.69 Å². The van der Waals surface area contributed by atoms with Crippen molar-refractivity contribution >= 4 is 17.8 Å². The summed E-state index contributed by atoms with van der Waals surface area (Å²) in [6.45, 7) is 0. The standard InChI is InChI=1S/C18H15N3O3/c1-24-18-10-3-14(4-11-18)2-5-15-12-13-20(19-15)16-6-8-17(9-7-16)21(22)23/h2-13H,1H3/b5-2+. The number of methoxy groups -OCH3 is 1. The van der Waals surface area contributed by atoms with Crippen molar-refractivity contribution in [2.75, 3.05) is 7.11 Å². The molecule has 1 heterocycles. The third kappa shape index (κ3) is 3.49. The van der Waals surface area contributed by atoms with Crippen LogP contribution in [0.4, 0.5) is 5.69 Å². The third-order valence-electron chi connectivity index (χ3n) is 3.50. The van der Waals surface area contributed by atoms with E-state index in [2.05, 4.69) is 5.10 Å². The van der Waals surface area contributed by atoms with Crippen LogP contribution in [0.3, 0.4) is 0 Å². The molecule has 0 aliphatic heterocycles. The van der Waals surface area contributed by atoms with Gasteiger partial charge in [0, 0.05) is 18.3 Å². The Bertz CT molecular complexity index is 865. The monoisotopic (exact) mass is 321 g/mol. The van der Waals surface area contributed by atoms with E-state index in [1.807, 2.05) is 48.7 Å². The highest BCUT2D eigenvalue weighted by atomic mass is 16.6. The van der Waals surface area contributed by atoms with E-state index in [1.165, 1.54) is 12.1 Å². The van der Waals surface area contributed by atoms with Crippen molar-refractivity contribution in [1.29, 1.82) is 0 Å². The minimum Gasteiger partial charge on any atom is -0.497 e. The molecule has 3 rings (SSSR count). The summed E-state index contributed by atoms with van der Waals surface area (Å²) in [6.07, 6.45) is 5.68. The molecule has 1 aromatic heterocycles. The van der Waals surface area contributed by atoms with Gasteiger partial charge in [-0.3, -0.25) is 10.1 Å². The molecular weight excluding hydrogens is 306 g/mol. The van der Waals surface area contributed by atoms with Gasteiger partial charge in [0.1, 0.15) is 5.75 Å². The van der Waals surface area contributed by atoms with Gasteiger partial charge in [-0.25, -0.2) is 4.68 Å². The second-order valence-corrected chi connectivity index (χ2v) is 5.07. The largest absolute Gasteiger partial charge is 0.497 e. The number of benzene rings is 2. The van der Waals surface area contributed by atoms with E-state index in [4.69, 9.17) is 4.74 Å². The number of aromatic nitrogens is 2. The van der Waals surface area contributed by atoms with Crippen LogP contribution in [0.2, 0.25) is 0 Å². The summed E-state index contributed by atoms with van der Waals surface area (Å²) in [7, 11) is 1.63. The van der Waals surface area contributed by atoms with Gasteiger partial charge in [-0.1, -0.05) is 18.2 Å². The van der Waals surface area contributed by atoms with Gasteiger partial charge < -0.3 is 4.74 Å². The van der Waals surface area contributed by atoms with E-state index >= 15 is 0 Å². The predicted molar refractivity (Wildman–Crippen MR) is 92.1 cm³/mol. The molecule has 3 aromatic rings. The zero-order chi connectivity index (χ0) is 16.9. The highest BCUT2D eigenvalue weighted by Gasteiger charge is 2.05. The SMILES string of the molecule is COc1ccc(/C=C/c2ccn(-c3ccc([N+](=O)[O-])cc3)n2)cc1. The molecule has 6 nitrogen and oxygen atoms in total. The molecule has 0 fully saturated rings. The van der Waals surface area contributed by atoms with Crippen molar-refractivity contribution < 1.29 is 9.66 Å². The summed E-state index contributed by atoms with van der Waals surface area (Å²) in [5.74, 6) is 0.814. The van der Waals surface area contributed by atoms with E-state index in [-0.39, 0.29) is 5.69 Å². The van der Waals surface area contributed by atoms with Crippen LogP contribution in [0.25, 0.3) is 17.8 Å². The number of nitrogens with zero attached hydrogens (tertiary/aromatic N) is 3. The lowest BCUT2D eigenvalue weighted by Crippen LogP contribution is -1.95. The van der Waals surface area contributed by atoms with Crippen LogP contribution in [0.15, 0.2) is 60.8 Å². The maximum absolute atomic E-state index is 10.7. The maximum atomic E-state index is 10.7. The van der Waals surface area contributed by atoms with E-state index in [0.29, 0.717) is 0 Å². The summed E-state index contributed by atoms with van der Waals surface area (Å²) in [5.41, 5.74) is 2.67. The fourth-order valence-corrected chi connectivity index (χ4v) is 2.19. The summed E-state index contributed by atoms with van der Waals surface area (Å²) in [5, 5.41) is 15.1. The molecule has 0 spiro atoms. The minimum atomic E-state index is -0.421. The number of non-ortho nitro benzene ring substituents is 1. The number of nitro benzene ring substituents is 1. The molecule has 0 unspecified atom stereocenters. The van der Waals surface area contributed by atoms with Gasteiger partial charge in [0.15, 0.2) is 0 Å². The van der Waals surface area contributed by atoms with Crippen molar-refractivity contribution in [3.63, 3.8) is 0 Å². The van der Waals surface area contributed by atoms with Gasteiger partial charge in [-0.2, -0.15) is 5.10 Å². The van der Waals surface area contributed by atoms with Crippen LogP contribution in [0.5, 0.6) is 5.75 Å². The zero-order valence-electron chi connectivity index (χ0n) is 13.0. The summed E-state index contributed by atoms with van der Waals surface area (Å²) in [4.78, 5) is 10.3. The number of nitro groups is 1. The summed E-state index contributed by atoms with van der Waals surface area (Å²) >= 11 is 0. The van der Waals surface area contributed by atoms with Crippen molar-refractivity contribution in [2.24, 2.45) is 0 Å². The Labute approximate surface area is 138 Å². The zero-order valence-corrected chi connectivity index (χ0v) is 13.0. The van der Waals surface area contributed by atoms with E-state index in [1.54, 1.807) is 23.9 Å². The normalized spacial score (nSPS) is 10.9. The summed E-state index contributed by atoms with van der Waals surface area (Å²) < 4.78 is 6.80. The van der Waals surface area contributed by atoms with Crippen LogP contribution >= 0.6 is 0 Å². The van der Waals surface area contributed by atoms with E-state index in [0.717, 1.165) is 22.7 Å². The lowest BCUT2D eigenvalue weighted by molar-refractivity contribution is -0.384. The molecule has 0 atom stereocenters. The second-order valence-electron chi connectivity index (χ2n) is 5.07. The van der Waals surface area contributed by atoms with Crippen LogP contribution in [-0.4, -0.2) is 21.8 Å². The Balaban J connectivity index is 1.74. The van der Waals surface area contributed by atoms with Gasteiger partial charge in [-0.05, 0) is 42.0 Å². The number of rotatable bonds is 5. The second kappa shape index (κ2) is 6.78. The topological polar surface area (TPSA) is 70.2 Å². The molecule has 0 radical (unpaired) electrons. The fourth-order valence-electron chi connectivity index (χ4n) is 2.19. The number of hydrogen-bond acceptors (Lipinski definition) is 4. The molecule has 0 saturated heterocycles. The first-order chi connectivity index (χ1) is 11.7. The lowest BCUT2D eigenvalue weighted by atomic mass is 10.2. The fraction of sp³-hybridized carbons (Fsp3) is 0.0556. The van der Waals surface area contributed by atoms with E-state index < -0.39 is 4.92 Å². The van der Waals surface area contributed by atoms with Crippen LogP contribution in [0.1, 0.15) is 11.3 Å². The molecular formula is C18H15N3O3. The molecule has 24 heavy (non-hydrogen) atoms. The Hall–Kier alpha value is -3.41. The van der Waals surface area contributed by atoms with Crippen molar-refractivity contribution in [1.82, 2.24) is 9.78 Å². The number of hydrogen-bond donors (Lipinski definition) is 0. The van der Waals surface area contributed by atoms with Crippen LogP contribution in [-0.2, 0) is 0 Å². The van der Waals surface area contributed by atoms with Crippen LogP contribution in [0, 0.1) is 10.1 Å². The molecule has 0 amide bonds. The lowest BCUT2D eigenvalue weighted by Gasteiger charge is -2.00. The van der Waals surface area contributed by atoms with Crippen molar-refractivity contribution in [3.05, 3.63) is 82.2 Å². The average molecular weight is 321 g/mol. The van der Waals surface area contributed by atoms with Crippen molar-refractivity contribution in [2.45, 2.75) is 0 Å². The molecule has 0 saturated carbocycles. The third-order valence-corrected chi connectivity index (χ3v) is 3.50. The molecule has 120 valence electrons.